The van der Waals surface area contributed by atoms with Gasteiger partial charge in [-0.2, -0.15) is 0 Å². The third-order valence-corrected chi connectivity index (χ3v) is 2.48. The zero-order chi connectivity index (χ0) is 11.6. The minimum Gasteiger partial charge on any atom is -0.394 e. The van der Waals surface area contributed by atoms with Gasteiger partial charge in [0.2, 0.25) is 0 Å². The molecule has 1 rings (SSSR count). The van der Waals surface area contributed by atoms with E-state index in [-0.39, 0.29) is 12.2 Å². The lowest BCUT2D eigenvalue weighted by atomic mass is 9.93. The molecule has 1 heterocycles. The van der Waals surface area contributed by atoms with Crippen LogP contribution in [0.4, 0.5) is 0 Å². The van der Waals surface area contributed by atoms with Crippen LogP contribution in [0.5, 0.6) is 0 Å². The average Bonchev–Trinajstić information content (AvgIpc) is 2.18. The van der Waals surface area contributed by atoms with E-state index >= 15 is 0 Å². The maximum absolute atomic E-state index is 10.8. The fraction of sp³-hybridized carbons (Fsp3) is 0.889. The number of hydrogen-bond acceptors (Lipinski definition) is 6. The molecule has 0 amide bonds. The van der Waals surface area contributed by atoms with Crippen LogP contribution < -0.4 is 0 Å². The van der Waals surface area contributed by atoms with E-state index in [0.29, 0.717) is 0 Å². The molecule has 0 radical (unpaired) electrons. The van der Waals surface area contributed by atoms with E-state index in [1.807, 2.05) is 0 Å². The zero-order valence-electron chi connectivity index (χ0n) is 8.41. The first kappa shape index (κ1) is 12.5. The number of carbonyl (C=O) groups excluding carboxylic acids is 1. The molecule has 0 aromatic carbocycles. The summed E-state index contributed by atoms with van der Waals surface area (Å²) in [6.07, 6.45) is -5.95. The topological polar surface area (TPSA) is 107 Å². The highest BCUT2D eigenvalue weighted by molar-refractivity contribution is 5.76. The predicted octanol–water partition coefficient (Wildman–Crippen LogP) is -2.19. The minimum absolute atomic E-state index is 0.0541. The van der Waals surface area contributed by atoms with Crippen molar-refractivity contribution in [3.63, 3.8) is 0 Å². The molecule has 0 saturated carbocycles. The fourth-order valence-corrected chi connectivity index (χ4v) is 1.63. The van der Waals surface area contributed by atoms with Gasteiger partial charge in [0.1, 0.15) is 30.2 Å². The van der Waals surface area contributed by atoms with Crippen LogP contribution in [0.2, 0.25) is 0 Å². The molecule has 5 atom stereocenters. The van der Waals surface area contributed by atoms with Crippen LogP contribution in [0, 0.1) is 0 Å². The maximum atomic E-state index is 10.8. The third-order valence-electron chi connectivity index (χ3n) is 2.48. The van der Waals surface area contributed by atoms with Crippen LogP contribution in [0.3, 0.4) is 0 Å². The predicted molar refractivity (Wildman–Crippen MR) is 49.1 cm³/mol. The third kappa shape index (κ3) is 2.73. The summed E-state index contributed by atoms with van der Waals surface area (Å²) in [5.41, 5.74) is 0. The Morgan fingerprint density at radius 1 is 1.13 bits per heavy atom. The highest BCUT2D eigenvalue weighted by Gasteiger charge is 2.43. The SMILES string of the molecule is CC(=O)C[C@@H]1OC(CO)[C@@H](O)C(O)C1O. The normalized spacial score (nSPS) is 41.5. The van der Waals surface area contributed by atoms with Crippen molar-refractivity contribution in [3.8, 4) is 0 Å². The van der Waals surface area contributed by atoms with E-state index in [4.69, 9.17) is 9.84 Å². The molecule has 4 N–H and O–H groups in total. The second-order valence-electron chi connectivity index (χ2n) is 3.77. The lowest BCUT2D eigenvalue weighted by Gasteiger charge is -2.39. The number of carbonyl (C=O) groups is 1. The molecule has 3 unspecified atom stereocenters. The molecule has 1 saturated heterocycles. The standard InChI is InChI=1S/C9H16O6/c1-4(11)2-5-7(12)9(14)8(13)6(3-10)15-5/h5-10,12-14H,2-3H2,1H3/t5-,6?,7?,8+,9?/m0/s1. The molecule has 88 valence electrons. The van der Waals surface area contributed by atoms with Crippen molar-refractivity contribution in [2.45, 2.75) is 43.9 Å². The quantitative estimate of drug-likeness (QED) is 0.430. The van der Waals surface area contributed by atoms with Crippen LogP contribution in [0.15, 0.2) is 0 Å². The fourth-order valence-electron chi connectivity index (χ4n) is 1.63. The summed E-state index contributed by atoms with van der Waals surface area (Å²) in [6.45, 7) is 0.862. The lowest BCUT2D eigenvalue weighted by molar-refractivity contribution is -0.229. The Kier molecular flexibility index (Phi) is 4.18. The average molecular weight is 220 g/mol. The van der Waals surface area contributed by atoms with Gasteiger partial charge in [-0.15, -0.1) is 0 Å². The molecule has 0 bridgehead atoms. The van der Waals surface area contributed by atoms with E-state index in [0.717, 1.165) is 0 Å². The van der Waals surface area contributed by atoms with Crippen LogP contribution >= 0.6 is 0 Å². The zero-order valence-corrected chi connectivity index (χ0v) is 8.41. The molecule has 6 heteroatoms. The molecule has 1 fully saturated rings. The smallest absolute Gasteiger partial charge is 0.132 e. The van der Waals surface area contributed by atoms with E-state index in [1.54, 1.807) is 0 Å². The van der Waals surface area contributed by atoms with Gasteiger partial charge in [-0.3, -0.25) is 4.79 Å². The molecule has 1 aliphatic rings. The van der Waals surface area contributed by atoms with Crippen molar-refractivity contribution in [3.05, 3.63) is 0 Å². The van der Waals surface area contributed by atoms with Gasteiger partial charge in [0.15, 0.2) is 0 Å². The van der Waals surface area contributed by atoms with Crippen LogP contribution in [-0.4, -0.2) is 63.3 Å². The molecule has 6 nitrogen and oxygen atoms in total. The Balaban J connectivity index is 2.69. The molecule has 1 aliphatic heterocycles. The highest BCUT2D eigenvalue weighted by atomic mass is 16.5. The number of rotatable bonds is 3. The molecule has 15 heavy (non-hydrogen) atoms. The summed E-state index contributed by atoms with van der Waals surface area (Å²) in [4.78, 5) is 10.8. The first-order valence-corrected chi connectivity index (χ1v) is 4.77. The van der Waals surface area contributed by atoms with Gasteiger partial charge in [0.25, 0.3) is 0 Å². The minimum atomic E-state index is -1.40. The molecular formula is C9H16O6. The molecule has 0 aromatic heterocycles. The number of hydrogen-bond donors (Lipinski definition) is 4. The van der Waals surface area contributed by atoms with Gasteiger partial charge in [0, 0.05) is 6.42 Å². The van der Waals surface area contributed by atoms with Crippen LogP contribution in [-0.2, 0) is 9.53 Å². The summed E-state index contributed by atoms with van der Waals surface area (Å²) in [5.74, 6) is -0.195. The first-order chi connectivity index (χ1) is 6.97. The summed E-state index contributed by atoms with van der Waals surface area (Å²) in [6, 6.07) is 0. The molecule has 0 aliphatic carbocycles. The Hall–Kier alpha value is -0.530. The van der Waals surface area contributed by atoms with Crippen LogP contribution in [0.1, 0.15) is 13.3 Å². The van der Waals surface area contributed by atoms with Crippen molar-refractivity contribution < 1.29 is 30.0 Å². The van der Waals surface area contributed by atoms with Gasteiger partial charge in [-0.1, -0.05) is 0 Å². The first-order valence-electron chi connectivity index (χ1n) is 4.77. The maximum Gasteiger partial charge on any atom is 0.132 e. The molecule has 0 spiro atoms. The Morgan fingerprint density at radius 2 is 1.67 bits per heavy atom. The van der Waals surface area contributed by atoms with Crippen LogP contribution in [0.25, 0.3) is 0 Å². The Labute approximate surface area is 87.1 Å². The number of Topliss-reactive ketones (excluding diaryl/α,β-unsaturated/α-hetero) is 1. The van der Waals surface area contributed by atoms with Crippen molar-refractivity contribution in [2.75, 3.05) is 6.61 Å². The number of ether oxygens (including phenoxy) is 1. The van der Waals surface area contributed by atoms with Gasteiger partial charge in [-0.25, -0.2) is 0 Å². The Bertz CT molecular complexity index is 229. The number of aliphatic hydroxyl groups excluding tert-OH is 4. The summed E-state index contributed by atoms with van der Waals surface area (Å²) >= 11 is 0. The summed E-state index contributed by atoms with van der Waals surface area (Å²) in [5, 5.41) is 37.2. The monoisotopic (exact) mass is 220 g/mol. The lowest BCUT2D eigenvalue weighted by Crippen LogP contribution is -2.58. The largest absolute Gasteiger partial charge is 0.394 e. The number of aliphatic hydroxyl groups is 4. The van der Waals surface area contributed by atoms with Gasteiger partial charge in [0.05, 0.1) is 12.7 Å². The molecular weight excluding hydrogens is 204 g/mol. The van der Waals surface area contributed by atoms with Gasteiger partial charge >= 0.3 is 0 Å². The van der Waals surface area contributed by atoms with Crippen molar-refractivity contribution in [1.82, 2.24) is 0 Å². The summed E-state index contributed by atoms with van der Waals surface area (Å²) < 4.78 is 5.11. The second kappa shape index (κ2) is 5.00. The Morgan fingerprint density at radius 3 is 2.13 bits per heavy atom. The number of ketones is 1. The van der Waals surface area contributed by atoms with Gasteiger partial charge < -0.3 is 25.2 Å². The second-order valence-corrected chi connectivity index (χ2v) is 3.77. The van der Waals surface area contributed by atoms with E-state index < -0.39 is 37.1 Å². The van der Waals surface area contributed by atoms with E-state index in [9.17, 15) is 20.1 Å². The molecule has 0 aromatic rings. The van der Waals surface area contributed by atoms with E-state index in [1.165, 1.54) is 6.92 Å². The van der Waals surface area contributed by atoms with Crippen molar-refractivity contribution >= 4 is 5.78 Å². The van der Waals surface area contributed by atoms with Crippen molar-refractivity contribution in [2.24, 2.45) is 0 Å². The van der Waals surface area contributed by atoms with Crippen molar-refractivity contribution in [1.29, 1.82) is 0 Å². The summed E-state index contributed by atoms with van der Waals surface area (Å²) in [7, 11) is 0. The van der Waals surface area contributed by atoms with Gasteiger partial charge in [-0.05, 0) is 6.92 Å². The highest BCUT2D eigenvalue weighted by Crippen LogP contribution is 2.23. The van der Waals surface area contributed by atoms with E-state index in [2.05, 4.69) is 0 Å².